The maximum Gasteiger partial charge on any atom is 0.265 e. The maximum atomic E-state index is 13.6. The molecule has 3 aliphatic rings. The molecule has 1 saturated heterocycles. The zero-order valence-corrected chi connectivity index (χ0v) is 21.4. The van der Waals surface area contributed by atoms with Crippen molar-refractivity contribution in [1.29, 1.82) is 0 Å². The third-order valence-electron chi connectivity index (χ3n) is 7.73. The number of fused-ring (bicyclic) bond motifs is 2. The standard InChI is InChI=1S/C27H33N5O3/c1-15-11-16(2)29-26(34)21(15)13-28-25(33)20-12-22(18-7-9-19(35-6)10-8-18)30-24-23(20)17(3)31-32(24)14-27(32,4)5/h7,9,11-12,18-19H,8,10,13-14H2,1-6H3,(H-,28,29,33,34)/p+1. The number of rotatable bonds is 5. The second kappa shape index (κ2) is 8.24. The number of hydrogen-bond donors (Lipinski definition) is 2. The highest BCUT2D eigenvalue weighted by Crippen LogP contribution is 2.53. The number of H-pyrrole nitrogens is 1. The van der Waals surface area contributed by atoms with Crippen LogP contribution in [0.4, 0.5) is 5.82 Å². The predicted molar refractivity (Wildman–Crippen MR) is 137 cm³/mol. The third-order valence-corrected chi connectivity index (χ3v) is 7.73. The maximum absolute atomic E-state index is 13.6. The molecule has 2 aliphatic heterocycles. The minimum atomic E-state index is -0.215. The van der Waals surface area contributed by atoms with Crippen LogP contribution in [0.1, 0.15) is 78.0 Å². The van der Waals surface area contributed by atoms with E-state index in [4.69, 9.17) is 14.8 Å². The number of aromatic amines is 1. The van der Waals surface area contributed by atoms with Crippen molar-refractivity contribution >= 4 is 17.4 Å². The van der Waals surface area contributed by atoms with Gasteiger partial charge in [-0.1, -0.05) is 17.3 Å². The van der Waals surface area contributed by atoms with Crippen LogP contribution in [-0.4, -0.2) is 46.9 Å². The molecule has 8 nitrogen and oxygen atoms in total. The van der Waals surface area contributed by atoms with Gasteiger partial charge < -0.3 is 15.0 Å². The van der Waals surface area contributed by atoms with E-state index in [-0.39, 0.29) is 35.6 Å². The highest BCUT2D eigenvalue weighted by atomic mass is 16.5. The summed E-state index contributed by atoms with van der Waals surface area (Å²) >= 11 is 0. The van der Waals surface area contributed by atoms with Gasteiger partial charge in [0.05, 0.1) is 22.9 Å². The summed E-state index contributed by atoms with van der Waals surface area (Å²) in [5.41, 5.74) is 5.12. The lowest BCUT2D eigenvalue weighted by Crippen LogP contribution is -2.30. The SMILES string of the molecule is COC1C=CC(c2cc(C(=O)NCc3c(C)cc(C)[nH]c3=O)c3c(n2)[N+]2(CC2(C)C)N=C3C)CC1. The molecule has 2 aromatic rings. The van der Waals surface area contributed by atoms with Gasteiger partial charge in [-0.15, -0.1) is 4.59 Å². The molecule has 0 saturated carbocycles. The molecule has 0 radical (unpaired) electrons. The number of aryl methyl sites for hydroxylation is 2. The smallest absolute Gasteiger partial charge is 0.265 e. The Morgan fingerprint density at radius 2 is 1.97 bits per heavy atom. The van der Waals surface area contributed by atoms with Crippen molar-refractivity contribution in [1.82, 2.24) is 19.9 Å². The molecule has 2 aromatic heterocycles. The van der Waals surface area contributed by atoms with E-state index in [0.29, 0.717) is 15.7 Å². The second-order valence-corrected chi connectivity index (χ2v) is 10.7. The van der Waals surface area contributed by atoms with E-state index >= 15 is 0 Å². The number of aromatic nitrogens is 2. The lowest BCUT2D eigenvalue weighted by molar-refractivity contribution is 0.0950. The van der Waals surface area contributed by atoms with Gasteiger partial charge in [0.1, 0.15) is 5.71 Å². The Bertz CT molecular complexity index is 1340. The van der Waals surface area contributed by atoms with E-state index in [9.17, 15) is 9.59 Å². The van der Waals surface area contributed by atoms with Crippen molar-refractivity contribution in [2.75, 3.05) is 13.7 Å². The zero-order chi connectivity index (χ0) is 25.1. The molecular weight excluding hydrogens is 442 g/mol. The van der Waals surface area contributed by atoms with Gasteiger partial charge in [0.15, 0.2) is 12.1 Å². The van der Waals surface area contributed by atoms with Crippen LogP contribution in [0.2, 0.25) is 0 Å². The highest BCUT2D eigenvalue weighted by Gasteiger charge is 2.71. The summed E-state index contributed by atoms with van der Waals surface area (Å²) < 4.78 is 5.92. The van der Waals surface area contributed by atoms with Crippen LogP contribution in [0.15, 0.2) is 34.2 Å². The molecule has 1 aliphatic carbocycles. The summed E-state index contributed by atoms with van der Waals surface area (Å²) in [6.45, 7) is 11.1. The predicted octanol–water partition coefficient (Wildman–Crippen LogP) is 3.60. The number of carbonyl (C=O) groups excluding carboxylic acids is 1. The molecule has 3 atom stereocenters. The molecule has 1 spiro atoms. The average Bonchev–Trinajstić information content (AvgIpc) is 3.24. The van der Waals surface area contributed by atoms with E-state index in [1.807, 2.05) is 32.9 Å². The van der Waals surface area contributed by atoms with Crippen LogP contribution in [-0.2, 0) is 11.3 Å². The number of quaternary nitrogens is 1. The first-order valence-corrected chi connectivity index (χ1v) is 12.3. The van der Waals surface area contributed by atoms with E-state index < -0.39 is 0 Å². The summed E-state index contributed by atoms with van der Waals surface area (Å²) in [6.07, 6.45) is 6.17. The van der Waals surface area contributed by atoms with Crippen molar-refractivity contribution in [2.45, 2.75) is 71.6 Å². The Hall–Kier alpha value is -3.10. The number of amides is 1. The number of methoxy groups -OCH3 is 1. The van der Waals surface area contributed by atoms with Gasteiger partial charge in [-0.3, -0.25) is 9.59 Å². The Balaban J connectivity index is 1.53. The van der Waals surface area contributed by atoms with Crippen LogP contribution in [0, 0.1) is 13.8 Å². The Morgan fingerprint density at radius 1 is 1.23 bits per heavy atom. The Kier molecular flexibility index (Phi) is 5.56. The molecule has 5 rings (SSSR count). The molecule has 3 unspecified atom stereocenters. The molecule has 184 valence electrons. The largest absolute Gasteiger partial charge is 0.377 e. The normalized spacial score (nSPS) is 25.9. The van der Waals surface area contributed by atoms with Crippen molar-refractivity contribution in [2.24, 2.45) is 5.10 Å². The Labute approximate surface area is 205 Å². The molecule has 0 bridgehead atoms. The van der Waals surface area contributed by atoms with Crippen LogP contribution in [0.3, 0.4) is 0 Å². The molecular formula is C27H34N5O3+. The molecule has 35 heavy (non-hydrogen) atoms. The van der Waals surface area contributed by atoms with Crippen molar-refractivity contribution in [3.63, 3.8) is 0 Å². The van der Waals surface area contributed by atoms with Gasteiger partial charge in [0, 0.05) is 30.8 Å². The van der Waals surface area contributed by atoms with Gasteiger partial charge in [-0.05, 0) is 65.2 Å². The first kappa shape index (κ1) is 23.6. The van der Waals surface area contributed by atoms with Gasteiger partial charge in [0.2, 0.25) is 0 Å². The van der Waals surface area contributed by atoms with Crippen molar-refractivity contribution < 1.29 is 9.53 Å². The molecule has 1 amide bonds. The van der Waals surface area contributed by atoms with Crippen LogP contribution in [0.25, 0.3) is 0 Å². The summed E-state index contributed by atoms with van der Waals surface area (Å²) in [5, 5.41) is 7.98. The number of nitrogens with zero attached hydrogens (tertiary/aromatic N) is 3. The lowest BCUT2D eigenvalue weighted by atomic mass is 9.89. The molecule has 4 heterocycles. The van der Waals surface area contributed by atoms with Gasteiger partial charge in [0.25, 0.3) is 17.3 Å². The number of nitrogens with one attached hydrogen (secondary N) is 2. The minimum absolute atomic E-state index is 0.0538. The minimum Gasteiger partial charge on any atom is -0.377 e. The summed E-state index contributed by atoms with van der Waals surface area (Å²) in [7, 11) is 1.72. The van der Waals surface area contributed by atoms with E-state index in [1.54, 1.807) is 7.11 Å². The van der Waals surface area contributed by atoms with Crippen molar-refractivity contribution in [3.05, 3.63) is 68.3 Å². The summed E-state index contributed by atoms with van der Waals surface area (Å²) in [5.74, 6) is 0.763. The van der Waals surface area contributed by atoms with Crippen LogP contribution >= 0.6 is 0 Å². The zero-order valence-electron chi connectivity index (χ0n) is 21.4. The molecule has 8 heteroatoms. The number of pyridine rings is 2. The number of carbonyl (C=O) groups is 1. The fraction of sp³-hybridized carbons (Fsp3) is 0.481. The first-order valence-electron chi connectivity index (χ1n) is 12.3. The summed E-state index contributed by atoms with van der Waals surface area (Å²) in [4.78, 5) is 34.0. The van der Waals surface area contributed by atoms with E-state index in [0.717, 1.165) is 53.4 Å². The van der Waals surface area contributed by atoms with Gasteiger partial charge in [-0.25, -0.2) is 0 Å². The van der Waals surface area contributed by atoms with Crippen LogP contribution < -0.4 is 15.5 Å². The van der Waals surface area contributed by atoms with Crippen LogP contribution in [0.5, 0.6) is 0 Å². The lowest BCUT2D eigenvalue weighted by Gasteiger charge is -2.23. The second-order valence-electron chi connectivity index (χ2n) is 10.7. The third kappa shape index (κ3) is 3.85. The monoisotopic (exact) mass is 476 g/mol. The average molecular weight is 477 g/mol. The quantitative estimate of drug-likeness (QED) is 0.392. The molecule has 0 aromatic carbocycles. The topological polar surface area (TPSA) is 96.4 Å². The highest BCUT2D eigenvalue weighted by molar-refractivity contribution is 6.14. The van der Waals surface area contributed by atoms with E-state index in [2.05, 4.69) is 36.3 Å². The number of hydrogen-bond acceptors (Lipinski definition) is 5. The summed E-state index contributed by atoms with van der Waals surface area (Å²) in [6, 6.07) is 3.83. The Morgan fingerprint density at radius 3 is 2.57 bits per heavy atom. The fourth-order valence-electron chi connectivity index (χ4n) is 5.56. The van der Waals surface area contributed by atoms with Crippen molar-refractivity contribution in [3.8, 4) is 0 Å². The number of ether oxygens (including phenoxy) is 1. The van der Waals surface area contributed by atoms with E-state index in [1.165, 1.54) is 0 Å². The van der Waals surface area contributed by atoms with Gasteiger partial charge >= 0.3 is 0 Å². The molecule has 2 N–H and O–H groups in total. The van der Waals surface area contributed by atoms with Gasteiger partial charge in [-0.2, -0.15) is 4.98 Å². The fourth-order valence-corrected chi connectivity index (χ4v) is 5.56. The molecule has 1 fully saturated rings. The number of allylic oxidation sites excluding steroid dienone is 1. The first-order chi connectivity index (χ1) is 16.6.